The van der Waals surface area contributed by atoms with Crippen molar-refractivity contribution in [3.8, 4) is 17.2 Å². The Balaban J connectivity index is 1.27. The lowest BCUT2D eigenvalue weighted by atomic mass is 10.2. The van der Waals surface area contributed by atoms with Gasteiger partial charge in [-0.25, -0.2) is 0 Å². The summed E-state index contributed by atoms with van der Waals surface area (Å²) in [5.74, 6) is 2.07. The van der Waals surface area contributed by atoms with Crippen molar-refractivity contribution < 1.29 is 23.2 Å². The van der Waals surface area contributed by atoms with E-state index in [0.29, 0.717) is 23.8 Å². The molecule has 5 rings (SSSR count). The van der Waals surface area contributed by atoms with E-state index in [9.17, 15) is 9.59 Å². The van der Waals surface area contributed by atoms with Gasteiger partial charge < -0.3 is 43.4 Å². The van der Waals surface area contributed by atoms with Crippen LogP contribution in [-0.2, 0) is 9.59 Å². The van der Waals surface area contributed by atoms with Crippen molar-refractivity contribution in [2.45, 2.75) is 20.3 Å². The first kappa shape index (κ1) is 34.1. The molecule has 252 valence electrons. The van der Waals surface area contributed by atoms with Crippen molar-refractivity contribution in [2.24, 2.45) is 0 Å². The number of carbonyl (C=O) groups is 2. The van der Waals surface area contributed by atoms with Gasteiger partial charge in [0.2, 0.25) is 12.3 Å². The van der Waals surface area contributed by atoms with Gasteiger partial charge in [-0.1, -0.05) is 6.92 Å². The molecule has 47 heavy (non-hydrogen) atoms. The Kier molecular flexibility index (Phi) is 12.4. The van der Waals surface area contributed by atoms with E-state index in [4.69, 9.17) is 13.6 Å². The second kappa shape index (κ2) is 17.1. The van der Waals surface area contributed by atoms with Gasteiger partial charge in [0.15, 0.2) is 0 Å². The minimum atomic E-state index is -1.84. The van der Waals surface area contributed by atoms with Gasteiger partial charge in [-0.3, -0.25) is 9.59 Å². The van der Waals surface area contributed by atoms with Crippen LogP contribution >= 0.6 is 8.60 Å². The smallest absolute Gasteiger partial charge is 0.409 e. The number of anilines is 3. The molecule has 1 N–H and O–H groups in total. The average Bonchev–Trinajstić information content (AvgIpc) is 3.09. The number of rotatable bonds is 15. The molecule has 2 fully saturated rings. The largest absolute Gasteiger partial charge is 0.530 e. The van der Waals surface area contributed by atoms with E-state index in [0.717, 1.165) is 89.7 Å². The van der Waals surface area contributed by atoms with Crippen LogP contribution in [0.3, 0.4) is 0 Å². The third-order valence-electron chi connectivity index (χ3n) is 8.48. The maximum Gasteiger partial charge on any atom is 0.530 e. The number of amides is 2. The number of carbonyl (C=O) groups excluding carboxylic acids is 2. The highest BCUT2D eigenvalue weighted by molar-refractivity contribution is 7.43. The molecule has 12 heteroatoms. The van der Waals surface area contributed by atoms with Crippen molar-refractivity contribution >= 4 is 38.0 Å². The van der Waals surface area contributed by atoms with Gasteiger partial charge in [-0.05, 0) is 86.3 Å². The number of likely N-dealkylation sites (N-methyl/N-ethyl adjacent to an activating group) is 1. The summed E-state index contributed by atoms with van der Waals surface area (Å²) in [5.41, 5.74) is 3.31. The first-order valence-electron chi connectivity index (χ1n) is 16.4. The first-order valence-corrected chi connectivity index (χ1v) is 17.5. The predicted octanol–water partition coefficient (Wildman–Crippen LogP) is 4.83. The molecule has 11 nitrogen and oxygen atoms in total. The van der Waals surface area contributed by atoms with Gasteiger partial charge in [-0.15, -0.1) is 0 Å². The van der Waals surface area contributed by atoms with Gasteiger partial charge >= 0.3 is 8.60 Å². The third-order valence-corrected chi connectivity index (χ3v) is 9.56. The number of hydrogen-bond acceptors (Lipinski definition) is 9. The highest BCUT2D eigenvalue weighted by Crippen LogP contribution is 2.43. The minimum Gasteiger partial charge on any atom is -0.409 e. The van der Waals surface area contributed by atoms with Crippen LogP contribution in [0, 0.1) is 0 Å². The molecule has 3 aromatic rings. The van der Waals surface area contributed by atoms with Crippen LogP contribution in [0.4, 0.5) is 17.1 Å². The lowest BCUT2D eigenvalue weighted by molar-refractivity contribution is -0.129. The van der Waals surface area contributed by atoms with E-state index >= 15 is 0 Å². The maximum atomic E-state index is 11.7. The fourth-order valence-corrected chi connectivity index (χ4v) is 6.70. The number of piperazine rings is 2. The zero-order valence-corrected chi connectivity index (χ0v) is 28.6. The Morgan fingerprint density at radius 2 is 1.21 bits per heavy atom. The molecule has 2 aliphatic rings. The summed E-state index contributed by atoms with van der Waals surface area (Å²) in [6, 6.07) is 23.9. The predicted molar refractivity (Wildman–Crippen MR) is 189 cm³/mol. The lowest BCUT2D eigenvalue weighted by Crippen LogP contribution is -2.48. The van der Waals surface area contributed by atoms with Gasteiger partial charge in [0.25, 0.3) is 0 Å². The highest BCUT2D eigenvalue weighted by atomic mass is 31.2. The second-order valence-corrected chi connectivity index (χ2v) is 12.8. The molecular weight excluding hydrogens is 615 g/mol. The number of hydrogen-bond donors (Lipinski definition) is 1. The molecule has 3 aromatic carbocycles. The Morgan fingerprint density at radius 1 is 0.745 bits per heavy atom. The van der Waals surface area contributed by atoms with E-state index < -0.39 is 8.60 Å². The van der Waals surface area contributed by atoms with Crippen molar-refractivity contribution in [1.82, 2.24) is 15.1 Å². The van der Waals surface area contributed by atoms with E-state index in [1.54, 1.807) is 6.92 Å². The van der Waals surface area contributed by atoms with Crippen LogP contribution in [0.2, 0.25) is 0 Å². The fourth-order valence-electron chi connectivity index (χ4n) is 5.71. The summed E-state index contributed by atoms with van der Waals surface area (Å²) in [6.07, 6.45) is 1.72. The van der Waals surface area contributed by atoms with Crippen LogP contribution < -0.4 is 33.6 Å². The van der Waals surface area contributed by atoms with Crippen molar-refractivity contribution in [1.29, 1.82) is 0 Å². The summed E-state index contributed by atoms with van der Waals surface area (Å²) in [6.45, 7) is 13.1. The SMILES string of the molecule is CCCN(CCNC=O)c1ccc(OP(Oc2ccc(N3CCN(C)CC3)cc2)Oc2ccc(N3CCN(C(C)=O)CC3)cc2)cc1. The average molecular weight is 663 g/mol. The van der Waals surface area contributed by atoms with E-state index in [1.165, 1.54) is 5.69 Å². The maximum absolute atomic E-state index is 11.7. The molecule has 0 saturated carbocycles. The minimum absolute atomic E-state index is 0.121. The summed E-state index contributed by atoms with van der Waals surface area (Å²) in [4.78, 5) is 33.6. The standard InChI is InChI=1S/C35H47N6O5P/c1-4-18-39(19-17-36-28-42)30-5-11-33(12-6-30)44-47(45-34-13-7-31(8-14-34)40-22-20-37(3)21-23-40)46-35-15-9-32(10-16-35)41-26-24-38(25-27-41)29(2)43/h5-16,28H,4,17-27H2,1-3H3,(H,36,42). The van der Waals surface area contributed by atoms with Gasteiger partial charge in [-0.2, -0.15) is 0 Å². The molecule has 0 aromatic heterocycles. The first-order chi connectivity index (χ1) is 22.9. The number of nitrogens with zero attached hydrogens (tertiary/aromatic N) is 5. The number of benzene rings is 3. The highest BCUT2D eigenvalue weighted by Gasteiger charge is 2.23. The zero-order chi connectivity index (χ0) is 33.0. The lowest BCUT2D eigenvalue weighted by Gasteiger charge is -2.35. The molecule has 2 aliphatic heterocycles. The molecule has 1 atom stereocenters. The Bertz CT molecular complexity index is 1400. The monoisotopic (exact) mass is 662 g/mol. The summed E-state index contributed by atoms with van der Waals surface area (Å²) < 4.78 is 19.0. The van der Waals surface area contributed by atoms with Crippen LogP contribution in [-0.4, -0.2) is 101 Å². The molecule has 2 saturated heterocycles. The molecule has 2 heterocycles. The molecule has 0 aliphatic carbocycles. The number of nitrogens with one attached hydrogen (secondary N) is 1. The topological polar surface area (TPSA) is 90.1 Å². The van der Waals surface area contributed by atoms with Crippen LogP contribution in [0.25, 0.3) is 0 Å². The molecule has 0 spiro atoms. The Hall–Kier alpha value is -4.21. The quantitative estimate of drug-likeness (QED) is 0.140. The van der Waals surface area contributed by atoms with E-state index in [2.05, 4.69) is 51.0 Å². The van der Waals surface area contributed by atoms with Gasteiger partial charge in [0.1, 0.15) is 17.2 Å². The van der Waals surface area contributed by atoms with Gasteiger partial charge in [0, 0.05) is 96.0 Å². The zero-order valence-electron chi connectivity index (χ0n) is 27.7. The fraction of sp³-hybridized carbons (Fsp3) is 0.429. The van der Waals surface area contributed by atoms with E-state index in [-0.39, 0.29) is 5.91 Å². The normalized spacial score (nSPS) is 15.9. The van der Waals surface area contributed by atoms with Gasteiger partial charge in [0.05, 0.1) is 0 Å². The van der Waals surface area contributed by atoms with Crippen LogP contribution in [0.1, 0.15) is 20.3 Å². The summed E-state index contributed by atoms with van der Waals surface area (Å²) in [5, 5.41) is 2.74. The molecule has 0 bridgehead atoms. The third kappa shape index (κ3) is 9.89. The van der Waals surface area contributed by atoms with Crippen LogP contribution in [0.15, 0.2) is 72.8 Å². The molecule has 2 amide bonds. The Morgan fingerprint density at radius 3 is 1.66 bits per heavy atom. The summed E-state index contributed by atoms with van der Waals surface area (Å²) in [7, 11) is 0.315. The van der Waals surface area contributed by atoms with Crippen molar-refractivity contribution in [3.63, 3.8) is 0 Å². The molecular formula is C35H47N6O5P. The second-order valence-electron chi connectivity index (χ2n) is 11.8. The van der Waals surface area contributed by atoms with Crippen molar-refractivity contribution in [3.05, 3.63) is 72.8 Å². The summed E-state index contributed by atoms with van der Waals surface area (Å²) >= 11 is 0. The van der Waals surface area contributed by atoms with E-state index in [1.807, 2.05) is 65.6 Å². The molecule has 1 unspecified atom stereocenters. The Labute approximate surface area is 280 Å². The molecule has 0 radical (unpaired) electrons. The van der Waals surface area contributed by atoms with Crippen molar-refractivity contribution in [2.75, 3.05) is 93.7 Å². The van der Waals surface area contributed by atoms with Crippen LogP contribution in [0.5, 0.6) is 17.2 Å².